The minimum Gasteiger partial charge on any atom is -0.497 e. The first-order valence-electron chi connectivity index (χ1n) is 17.3. The molecule has 252 valence electrons. The van der Waals surface area contributed by atoms with Crippen molar-refractivity contribution in [2.24, 2.45) is 0 Å². The maximum Gasteiger partial charge on any atom is 0.138 e. The van der Waals surface area contributed by atoms with Gasteiger partial charge in [-0.2, -0.15) is 10.5 Å². The normalized spacial score (nSPS) is 10.3. The molecule has 0 saturated heterocycles. The van der Waals surface area contributed by atoms with Gasteiger partial charge in [-0.3, -0.25) is 0 Å². The van der Waals surface area contributed by atoms with Crippen LogP contribution in [0.1, 0.15) is 33.4 Å². The first kappa shape index (κ1) is 34.1. The van der Waals surface area contributed by atoms with E-state index in [1.165, 1.54) is 0 Å². The number of allylic oxidation sites excluding steroid dienone is 1. The average molecular weight is 682 g/mol. The summed E-state index contributed by atoms with van der Waals surface area (Å²) in [4.78, 5) is 2.19. The Bertz CT molecular complexity index is 2380. The fraction of sp³-hybridized carbons (Fsp3) is 0.0204. The van der Waals surface area contributed by atoms with Crippen LogP contribution in [-0.4, -0.2) is 7.11 Å². The van der Waals surface area contributed by atoms with Crippen molar-refractivity contribution in [2.75, 3.05) is 12.0 Å². The van der Waals surface area contributed by atoms with Crippen molar-refractivity contribution < 1.29 is 4.74 Å². The highest BCUT2D eigenvalue weighted by Crippen LogP contribution is 2.40. The quantitative estimate of drug-likeness (QED) is 0.106. The third kappa shape index (κ3) is 7.40. The van der Waals surface area contributed by atoms with Crippen LogP contribution in [0.15, 0.2) is 200 Å². The molecule has 4 nitrogen and oxygen atoms in total. The summed E-state index contributed by atoms with van der Waals surface area (Å²) in [6, 6.07) is 70.1. The molecule has 0 aliphatic carbocycles. The molecule has 0 saturated carbocycles. The Labute approximate surface area is 311 Å². The monoisotopic (exact) mass is 681 g/mol. The first-order chi connectivity index (χ1) is 26.2. The zero-order valence-electron chi connectivity index (χ0n) is 29.2. The van der Waals surface area contributed by atoms with Gasteiger partial charge in [0.15, 0.2) is 0 Å². The largest absolute Gasteiger partial charge is 0.497 e. The van der Waals surface area contributed by atoms with Gasteiger partial charge in [0, 0.05) is 22.6 Å². The van der Waals surface area contributed by atoms with Gasteiger partial charge in [0.25, 0.3) is 0 Å². The van der Waals surface area contributed by atoms with E-state index in [1.54, 1.807) is 7.11 Å². The van der Waals surface area contributed by atoms with E-state index in [-0.39, 0.29) is 5.57 Å². The SMILES string of the molecule is COc1ccc(N(c2ccc(C(=C(C#N)C#N)c3ccccc3)cc2)c2ccc(C(=C(c3ccccc3)c3ccccc3)c3ccccc3)cc2)cc1. The minimum atomic E-state index is 0.0687. The number of nitriles is 2. The summed E-state index contributed by atoms with van der Waals surface area (Å²) in [5, 5.41) is 19.7. The molecule has 0 spiro atoms. The van der Waals surface area contributed by atoms with Gasteiger partial charge < -0.3 is 9.64 Å². The van der Waals surface area contributed by atoms with Crippen LogP contribution in [-0.2, 0) is 0 Å². The highest BCUT2D eigenvalue weighted by molar-refractivity contribution is 6.04. The predicted molar refractivity (Wildman–Crippen MR) is 216 cm³/mol. The third-order valence-electron chi connectivity index (χ3n) is 9.13. The van der Waals surface area contributed by atoms with Gasteiger partial charge in [0.1, 0.15) is 23.5 Å². The molecule has 0 bridgehead atoms. The molecule has 7 rings (SSSR count). The highest BCUT2D eigenvalue weighted by atomic mass is 16.5. The molecule has 0 amide bonds. The summed E-state index contributed by atoms with van der Waals surface area (Å²) < 4.78 is 5.49. The number of nitrogens with zero attached hydrogens (tertiary/aromatic N) is 3. The molecule has 0 heterocycles. The number of hydrogen-bond acceptors (Lipinski definition) is 4. The molecule has 0 aromatic heterocycles. The van der Waals surface area contributed by atoms with Crippen LogP contribution in [0, 0.1) is 22.7 Å². The van der Waals surface area contributed by atoms with Crippen molar-refractivity contribution in [3.8, 4) is 17.9 Å². The molecule has 7 aromatic rings. The van der Waals surface area contributed by atoms with Gasteiger partial charge in [-0.1, -0.05) is 146 Å². The van der Waals surface area contributed by atoms with Crippen molar-refractivity contribution in [2.45, 2.75) is 0 Å². The first-order valence-corrected chi connectivity index (χ1v) is 17.3. The third-order valence-corrected chi connectivity index (χ3v) is 9.13. The molecule has 7 aromatic carbocycles. The van der Waals surface area contributed by atoms with Crippen molar-refractivity contribution in [3.05, 3.63) is 233 Å². The number of hydrogen-bond donors (Lipinski definition) is 0. The van der Waals surface area contributed by atoms with E-state index in [2.05, 4.69) is 114 Å². The second kappa shape index (κ2) is 16.1. The number of benzene rings is 7. The zero-order valence-corrected chi connectivity index (χ0v) is 29.2. The van der Waals surface area contributed by atoms with Crippen molar-refractivity contribution >= 4 is 33.8 Å². The Hall–Kier alpha value is -7.40. The second-order valence-electron chi connectivity index (χ2n) is 12.3. The van der Waals surface area contributed by atoms with E-state index in [0.717, 1.165) is 67.3 Å². The molecular formula is C49H35N3O. The van der Waals surface area contributed by atoms with E-state index in [9.17, 15) is 10.5 Å². The van der Waals surface area contributed by atoms with E-state index in [1.807, 2.05) is 97.1 Å². The number of rotatable bonds is 10. The number of ether oxygens (including phenoxy) is 1. The van der Waals surface area contributed by atoms with Crippen LogP contribution in [0.3, 0.4) is 0 Å². The van der Waals surface area contributed by atoms with Crippen molar-refractivity contribution in [3.63, 3.8) is 0 Å². The van der Waals surface area contributed by atoms with Crippen LogP contribution in [0.4, 0.5) is 17.1 Å². The van der Waals surface area contributed by atoms with Crippen LogP contribution >= 0.6 is 0 Å². The molecule has 0 atom stereocenters. The zero-order chi connectivity index (χ0) is 36.4. The molecule has 0 unspecified atom stereocenters. The van der Waals surface area contributed by atoms with E-state index in [0.29, 0.717) is 5.57 Å². The number of anilines is 3. The van der Waals surface area contributed by atoms with Gasteiger partial charge in [-0.15, -0.1) is 0 Å². The fourth-order valence-electron chi connectivity index (χ4n) is 6.65. The van der Waals surface area contributed by atoms with Gasteiger partial charge in [0.05, 0.1) is 7.11 Å². The van der Waals surface area contributed by atoms with Crippen LogP contribution in [0.5, 0.6) is 5.75 Å². The topological polar surface area (TPSA) is 60.0 Å². The van der Waals surface area contributed by atoms with Crippen LogP contribution in [0.25, 0.3) is 16.7 Å². The van der Waals surface area contributed by atoms with E-state index in [4.69, 9.17) is 4.74 Å². The Morgan fingerprint density at radius 2 is 0.660 bits per heavy atom. The van der Waals surface area contributed by atoms with Crippen molar-refractivity contribution in [1.29, 1.82) is 10.5 Å². The summed E-state index contributed by atoms with van der Waals surface area (Å²) in [5.41, 5.74) is 11.9. The fourth-order valence-corrected chi connectivity index (χ4v) is 6.65. The maximum absolute atomic E-state index is 9.85. The maximum atomic E-state index is 9.85. The molecule has 0 radical (unpaired) electrons. The van der Waals surface area contributed by atoms with Gasteiger partial charge in [-0.25, -0.2) is 0 Å². The molecule has 53 heavy (non-hydrogen) atoms. The Morgan fingerprint density at radius 1 is 0.377 bits per heavy atom. The molecule has 0 N–H and O–H groups in total. The van der Waals surface area contributed by atoms with Crippen LogP contribution < -0.4 is 9.64 Å². The van der Waals surface area contributed by atoms with Gasteiger partial charge >= 0.3 is 0 Å². The lowest BCUT2D eigenvalue weighted by molar-refractivity contribution is 0.415. The lowest BCUT2D eigenvalue weighted by Crippen LogP contribution is -2.10. The summed E-state index contributed by atoms with van der Waals surface area (Å²) in [7, 11) is 1.66. The number of methoxy groups -OCH3 is 1. The Balaban J connectivity index is 1.37. The summed E-state index contributed by atoms with van der Waals surface area (Å²) in [6.45, 7) is 0. The lowest BCUT2D eigenvalue weighted by Gasteiger charge is -2.26. The smallest absolute Gasteiger partial charge is 0.138 e. The minimum absolute atomic E-state index is 0.0687. The molecule has 0 aliphatic rings. The van der Waals surface area contributed by atoms with Gasteiger partial charge in [-0.05, 0) is 93.1 Å². The molecule has 0 aliphatic heterocycles. The summed E-state index contributed by atoms with van der Waals surface area (Å²) in [5.74, 6) is 0.768. The molecular weight excluding hydrogens is 647 g/mol. The highest BCUT2D eigenvalue weighted by Gasteiger charge is 2.19. The van der Waals surface area contributed by atoms with Crippen molar-refractivity contribution in [1.82, 2.24) is 0 Å². The summed E-state index contributed by atoms with van der Waals surface area (Å²) >= 11 is 0. The predicted octanol–water partition coefficient (Wildman–Crippen LogP) is 12.0. The Kier molecular flexibility index (Phi) is 10.3. The van der Waals surface area contributed by atoms with E-state index < -0.39 is 0 Å². The summed E-state index contributed by atoms with van der Waals surface area (Å²) in [6.07, 6.45) is 0. The Morgan fingerprint density at radius 3 is 0.981 bits per heavy atom. The van der Waals surface area contributed by atoms with E-state index >= 15 is 0 Å². The van der Waals surface area contributed by atoms with Gasteiger partial charge in [0.2, 0.25) is 0 Å². The molecule has 4 heteroatoms. The second-order valence-corrected chi connectivity index (χ2v) is 12.3. The molecule has 0 fully saturated rings. The van der Waals surface area contributed by atoms with Crippen LogP contribution in [0.2, 0.25) is 0 Å². The lowest BCUT2D eigenvalue weighted by atomic mass is 9.86. The average Bonchev–Trinajstić information content (AvgIpc) is 3.24. The standard InChI is InChI=1S/C49H35N3O/c1-53-46-32-30-45(31-33-46)52(43-26-22-40(23-27-43)47(42(34-50)35-51)36-14-6-2-7-15-36)44-28-24-41(25-29-44)49(39-20-12-5-13-21-39)48(37-16-8-3-9-17-37)38-18-10-4-11-19-38/h2-33H,1H3.